The molecular formula is C16H21N3O. The largest absolute Gasteiger partial charge is 0.323 e. The number of hydrogen-bond acceptors (Lipinski definition) is 3. The number of amides is 1. The van der Waals surface area contributed by atoms with Crippen molar-refractivity contribution in [3.63, 3.8) is 0 Å². The molecule has 0 radical (unpaired) electrons. The third-order valence-corrected chi connectivity index (χ3v) is 3.18. The fraction of sp³-hybridized carbons (Fsp3) is 0.375. The second-order valence-corrected chi connectivity index (χ2v) is 5.56. The molecule has 1 amide bonds. The van der Waals surface area contributed by atoms with Gasteiger partial charge in [0.15, 0.2) is 0 Å². The second kappa shape index (κ2) is 6.01. The van der Waals surface area contributed by atoms with Crippen LogP contribution in [0.4, 0.5) is 5.69 Å². The Morgan fingerprint density at radius 3 is 2.75 bits per heavy atom. The molecule has 0 aliphatic rings. The highest BCUT2D eigenvalue weighted by Gasteiger charge is 2.16. The highest BCUT2D eigenvalue weighted by molar-refractivity contribution is 6.02. The van der Waals surface area contributed by atoms with Gasteiger partial charge in [0.25, 0.3) is 0 Å². The molecule has 1 atom stereocenters. The zero-order chi connectivity index (χ0) is 14.7. The number of nitrogens with zero attached hydrogens (tertiary/aromatic N) is 1. The molecule has 0 saturated heterocycles. The predicted octanol–water partition coefficient (Wildman–Crippen LogP) is 2.86. The van der Waals surface area contributed by atoms with Crippen molar-refractivity contribution in [2.45, 2.75) is 33.2 Å². The van der Waals surface area contributed by atoms with Crippen molar-refractivity contribution in [3.05, 3.63) is 36.0 Å². The van der Waals surface area contributed by atoms with Gasteiger partial charge in [-0.15, -0.1) is 0 Å². The molecule has 0 aliphatic carbocycles. The number of carbonyl (C=O) groups is 1. The third kappa shape index (κ3) is 3.33. The first kappa shape index (κ1) is 14.5. The maximum atomic E-state index is 12.1. The van der Waals surface area contributed by atoms with Gasteiger partial charge >= 0.3 is 0 Å². The summed E-state index contributed by atoms with van der Waals surface area (Å²) in [4.78, 5) is 16.6. The molecule has 1 unspecified atom stereocenters. The smallest absolute Gasteiger partial charge is 0.241 e. The lowest BCUT2D eigenvalue weighted by Crippen LogP contribution is -2.36. The van der Waals surface area contributed by atoms with Crippen molar-refractivity contribution in [1.29, 1.82) is 0 Å². The zero-order valence-electron chi connectivity index (χ0n) is 12.2. The van der Waals surface area contributed by atoms with E-state index < -0.39 is 6.04 Å². The Morgan fingerprint density at radius 1 is 1.30 bits per heavy atom. The molecule has 1 aromatic heterocycles. The van der Waals surface area contributed by atoms with E-state index >= 15 is 0 Å². The monoisotopic (exact) mass is 271 g/mol. The molecule has 1 heterocycles. The van der Waals surface area contributed by atoms with Gasteiger partial charge in [0.1, 0.15) is 0 Å². The van der Waals surface area contributed by atoms with Crippen molar-refractivity contribution < 1.29 is 4.79 Å². The number of nitrogens with one attached hydrogen (secondary N) is 1. The molecule has 106 valence electrons. The van der Waals surface area contributed by atoms with E-state index in [0.717, 1.165) is 22.3 Å². The van der Waals surface area contributed by atoms with E-state index in [1.54, 1.807) is 0 Å². The van der Waals surface area contributed by atoms with Crippen LogP contribution in [0.5, 0.6) is 0 Å². The number of pyridine rings is 1. The quantitative estimate of drug-likeness (QED) is 0.898. The number of aryl methyl sites for hydroxylation is 1. The Balaban J connectivity index is 2.25. The van der Waals surface area contributed by atoms with Crippen LogP contribution in [-0.2, 0) is 4.79 Å². The topological polar surface area (TPSA) is 68.0 Å². The lowest BCUT2D eigenvalue weighted by molar-refractivity contribution is -0.117. The highest BCUT2D eigenvalue weighted by atomic mass is 16.2. The van der Waals surface area contributed by atoms with Crippen molar-refractivity contribution in [2.24, 2.45) is 11.7 Å². The average Bonchev–Trinajstić information content (AvgIpc) is 2.38. The van der Waals surface area contributed by atoms with Gasteiger partial charge < -0.3 is 11.1 Å². The summed E-state index contributed by atoms with van der Waals surface area (Å²) in [5, 5.41) is 3.90. The van der Waals surface area contributed by atoms with Crippen LogP contribution in [0.2, 0.25) is 0 Å². The summed E-state index contributed by atoms with van der Waals surface area (Å²) in [6.45, 7) is 6.04. The van der Waals surface area contributed by atoms with E-state index in [0.29, 0.717) is 12.3 Å². The van der Waals surface area contributed by atoms with Crippen LogP contribution in [0.15, 0.2) is 30.3 Å². The summed E-state index contributed by atoms with van der Waals surface area (Å²) in [5.41, 5.74) is 8.35. The molecule has 0 fully saturated rings. The summed E-state index contributed by atoms with van der Waals surface area (Å²) in [7, 11) is 0. The summed E-state index contributed by atoms with van der Waals surface area (Å²) in [5.74, 6) is 0.234. The first-order chi connectivity index (χ1) is 9.47. The highest BCUT2D eigenvalue weighted by Crippen LogP contribution is 2.22. The minimum atomic E-state index is -0.491. The van der Waals surface area contributed by atoms with E-state index in [1.165, 1.54) is 0 Å². The first-order valence-electron chi connectivity index (χ1n) is 6.90. The van der Waals surface area contributed by atoms with Crippen LogP contribution in [0, 0.1) is 12.8 Å². The number of rotatable bonds is 4. The molecule has 2 aromatic rings. The maximum Gasteiger partial charge on any atom is 0.241 e. The third-order valence-electron chi connectivity index (χ3n) is 3.18. The standard InChI is InChI=1S/C16H21N3O/c1-10(2)9-13(17)16(20)19-14-6-4-5-12-8-7-11(3)18-15(12)14/h4-8,10,13H,9,17H2,1-3H3,(H,19,20). The Kier molecular flexibility index (Phi) is 4.35. The van der Waals surface area contributed by atoms with E-state index in [9.17, 15) is 4.79 Å². The number of hydrogen-bond donors (Lipinski definition) is 2. The zero-order valence-corrected chi connectivity index (χ0v) is 12.2. The van der Waals surface area contributed by atoms with Crippen LogP contribution < -0.4 is 11.1 Å². The lowest BCUT2D eigenvalue weighted by Gasteiger charge is -2.15. The Hall–Kier alpha value is -1.94. The van der Waals surface area contributed by atoms with Crippen LogP contribution >= 0.6 is 0 Å². The van der Waals surface area contributed by atoms with Crippen molar-refractivity contribution in [3.8, 4) is 0 Å². The molecule has 3 N–H and O–H groups in total. The molecule has 4 nitrogen and oxygen atoms in total. The van der Waals surface area contributed by atoms with Gasteiger partial charge in [-0.2, -0.15) is 0 Å². The summed E-state index contributed by atoms with van der Waals surface area (Å²) in [6.07, 6.45) is 0.670. The van der Waals surface area contributed by atoms with Gasteiger partial charge in [-0.05, 0) is 31.4 Å². The summed E-state index contributed by atoms with van der Waals surface area (Å²) < 4.78 is 0. The van der Waals surface area contributed by atoms with Gasteiger partial charge in [0.05, 0.1) is 17.2 Å². The SMILES string of the molecule is Cc1ccc2cccc(NC(=O)C(N)CC(C)C)c2n1. The number of para-hydroxylation sites is 1. The molecule has 0 bridgehead atoms. The second-order valence-electron chi connectivity index (χ2n) is 5.56. The minimum absolute atomic E-state index is 0.158. The van der Waals surface area contributed by atoms with E-state index in [-0.39, 0.29) is 5.91 Å². The molecule has 4 heteroatoms. The van der Waals surface area contributed by atoms with Crippen molar-refractivity contribution in [2.75, 3.05) is 5.32 Å². The Labute approximate surface area is 119 Å². The Bertz CT molecular complexity index is 622. The van der Waals surface area contributed by atoms with Gasteiger partial charge in [0.2, 0.25) is 5.91 Å². The molecule has 0 aliphatic heterocycles. The fourth-order valence-corrected chi connectivity index (χ4v) is 2.19. The van der Waals surface area contributed by atoms with E-state index in [1.807, 2.05) is 37.3 Å². The van der Waals surface area contributed by atoms with Crippen LogP contribution in [0.1, 0.15) is 26.0 Å². The Morgan fingerprint density at radius 2 is 2.05 bits per heavy atom. The van der Waals surface area contributed by atoms with Crippen LogP contribution in [0.3, 0.4) is 0 Å². The normalized spacial score (nSPS) is 12.7. The lowest BCUT2D eigenvalue weighted by atomic mass is 10.0. The van der Waals surface area contributed by atoms with Gasteiger partial charge in [-0.1, -0.05) is 32.0 Å². The molecule has 1 aromatic carbocycles. The van der Waals surface area contributed by atoms with Crippen molar-refractivity contribution >= 4 is 22.5 Å². The maximum absolute atomic E-state index is 12.1. The van der Waals surface area contributed by atoms with Gasteiger partial charge in [-0.25, -0.2) is 0 Å². The number of benzene rings is 1. The number of anilines is 1. The van der Waals surface area contributed by atoms with E-state index in [2.05, 4.69) is 24.1 Å². The summed E-state index contributed by atoms with van der Waals surface area (Å²) in [6, 6.07) is 9.21. The number of fused-ring (bicyclic) bond motifs is 1. The number of aromatic nitrogens is 1. The van der Waals surface area contributed by atoms with Gasteiger partial charge in [-0.3, -0.25) is 9.78 Å². The minimum Gasteiger partial charge on any atom is -0.323 e. The average molecular weight is 271 g/mol. The van der Waals surface area contributed by atoms with Crippen LogP contribution in [-0.4, -0.2) is 16.9 Å². The molecular weight excluding hydrogens is 250 g/mol. The number of carbonyl (C=O) groups excluding carboxylic acids is 1. The molecule has 2 rings (SSSR count). The van der Waals surface area contributed by atoms with Crippen LogP contribution in [0.25, 0.3) is 10.9 Å². The fourth-order valence-electron chi connectivity index (χ4n) is 2.19. The predicted molar refractivity (Wildman–Crippen MR) is 82.5 cm³/mol. The van der Waals surface area contributed by atoms with E-state index in [4.69, 9.17) is 5.73 Å². The van der Waals surface area contributed by atoms with Gasteiger partial charge in [0, 0.05) is 11.1 Å². The summed E-state index contributed by atoms with van der Waals surface area (Å²) >= 11 is 0. The molecule has 0 spiro atoms. The number of nitrogens with two attached hydrogens (primary N) is 1. The molecule has 0 saturated carbocycles. The van der Waals surface area contributed by atoms with Crippen molar-refractivity contribution in [1.82, 2.24) is 4.98 Å². The first-order valence-corrected chi connectivity index (χ1v) is 6.90. The molecule has 20 heavy (non-hydrogen) atoms.